The molecule has 0 fully saturated rings. The molecule has 0 aliphatic carbocycles. The highest BCUT2D eigenvalue weighted by Crippen LogP contribution is 2.28. The third-order valence-corrected chi connectivity index (χ3v) is 3.08. The Kier molecular flexibility index (Phi) is 6.13. The molecule has 1 atom stereocenters. The molecule has 1 unspecified atom stereocenters. The van der Waals surface area contributed by atoms with Crippen molar-refractivity contribution >= 4 is 11.9 Å². The van der Waals surface area contributed by atoms with E-state index in [2.05, 4.69) is 0 Å². The SMILES string of the molecule is CC=Cc1ccc(OCC(=O)C(C)CC)c(OC)c1. The third-order valence-electron chi connectivity index (χ3n) is 3.08. The first kappa shape index (κ1) is 15.3. The van der Waals surface area contributed by atoms with Crippen LogP contribution in [0.1, 0.15) is 32.8 Å². The number of hydrogen-bond donors (Lipinski definition) is 0. The van der Waals surface area contributed by atoms with Crippen molar-refractivity contribution in [2.24, 2.45) is 5.92 Å². The number of carbonyl (C=O) groups excluding carboxylic acids is 1. The molecule has 0 spiro atoms. The Hall–Kier alpha value is -1.77. The molecule has 1 aromatic rings. The number of rotatable bonds is 7. The van der Waals surface area contributed by atoms with Crippen LogP contribution in [0.25, 0.3) is 6.08 Å². The molecular formula is C16H22O3. The number of ether oxygens (including phenoxy) is 2. The summed E-state index contributed by atoms with van der Waals surface area (Å²) in [4.78, 5) is 11.7. The van der Waals surface area contributed by atoms with Gasteiger partial charge < -0.3 is 9.47 Å². The van der Waals surface area contributed by atoms with E-state index in [4.69, 9.17) is 9.47 Å². The zero-order valence-corrected chi connectivity index (χ0v) is 12.1. The first-order valence-electron chi connectivity index (χ1n) is 6.58. The second-order valence-electron chi connectivity index (χ2n) is 4.47. The van der Waals surface area contributed by atoms with E-state index in [-0.39, 0.29) is 18.3 Å². The smallest absolute Gasteiger partial charge is 0.172 e. The van der Waals surface area contributed by atoms with Gasteiger partial charge in [0.05, 0.1) is 7.11 Å². The minimum Gasteiger partial charge on any atom is -0.493 e. The van der Waals surface area contributed by atoms with Gasteiger partial charge in [0.2, 0.25) is 0 Å². The number of hydrogen-bond acceptors (Lipinski definition) is 3. The minimum atomic E-state index is 0.0355. The molecule has 3 nitrogen and oxygen atoms in total. The van der Waals surface area contributed by atoms with Crippen molar-refractivity contribution in [2.75, 3.05) is 13.7 Å². The van der Waals surface area contributed by atoms with Gasteiger partial charge in [-0.2, -0.15) is 0 Å². The summed E-state index contributed by atoms with van der Waals surface area (Å²) in [6.45, 7) is 5.96. The normalized spacial score (nSPS) is 12.4. The molecule has 1 rings (SSSR count). The van der Waals surface area contributed by atoms with Gasteiger partial charge in [0, 0.05) is 5.92 Å². The maximum Gasteiger partial charge on any atom is 0.172 e. The van der Waals surface area contributed by atoms with Gasteiger partial charge in [0.15, 0.2) is 17.3 Å². The number of benzene rings is 1. The van der Waals surface area contributed by atoms with Crippen LogP contribution in [0.4, 0.5) is 0 Å². The molecule has 0 aromatic heterocycles. The van der Waals surface area contributed by atoms with Crippen molar-refractivity contribution < 1.29 is 14.3 Å². The van der Waals surface area contributed by atoms with E-state index < -0.39 is 0 Å². The number of Topliss-reactive ketones (excluding diaryl/α,β-unsaturated/α-hetero) is 1. The van der Waals surface area contributed by atoms with E-state index in [1.165, 1.54) is 0 Å². The molecule has 0 bridgehead atoms. The summed E-state index contributed by atoms with van der Waals surface area (Å²) in [7, 11) is 1.60. The van der Waals surface area contributed by atoms with Crippen molar-refractivity contribution in [3.05, 3.63) is 29.8 Å². The van der Waals surface area contributed by atoms with Crippen LogP contribution in [0, 0.1) is 5.92 Å². The van der Waals surface area contributed by atoms with Crippen molar-refractivity contribution in [1.82, 2.24) is 0 Å². The maximum absolute atomic E-state index is 11.7. The fourth-order valence-electron chi connectivity index (χ4n) is 1.62. The third kappa shape index (κ3) is 4.43. The highest BCUT2D eigenvalue weighted by atomic mass is 16.5. The predicted octanol–water partition coefficient (Wildman–Crippen LogP) is 3.72. The lowest BCUT2D eigenvalue weighted by Gasteiger charge is -2.12. The Morgan fingerprint density at radius 2 is 2.11 bits per heavy atom. The average molecular weight is 262 g/mol. The zero-order valence-electron chi connectivity index (χ0n) is 12.1. The molecule has 19 heavy (non-hydrogen) atoms. The predicted molar refractivity (Wildman–Crippen MR) is 77.7 cm³/mol. The summed E-state index contributed by atoms with van der Waals surface area (Å²) in [6.07, 6.45) is 4.78. The zero-order chi connectivity index (χ0) is 14.3. The average Bonchev–Trinajstić information content (AvgIpc) is 2.44. The first-order chi connectivity index (χ1) is 9.12. The lowest BCUT2D eigenvalue weighted by Crippen LogP contribution is -2.18. The van der Waals surface area contributed by atoms with E-state index in [1.807, 2.05) is 51.1 Å². The summed E-state index contributed by atoms with van der Waals surface area (Å²) in [6, 6.07) is 5.66. The number of allylic oxidation sites excluding steroid dienone is 1. The summed E-state index contributed by atoms with van der Waals surface area (Å²) in [5.41, 5.74) is 1.04. The molecule has 0 N–H and O–H groups in total. The van der Waals surface area contributed by atoms with Gasteiger partial charge in [-0.25, -0.2) is 0 Å². The molecule has 0 saturated carbocycles. The topological polar surface area (TPSA) is 35.5 Å². The van der Waals surface area contributed by atoms with E-state index in [0.29, 0.717) is 11.5 Å². The number of methoxy groups -OCH3 is 1. The molecule has 0 heterocycles. The Labute approximate surface area is 115 Å². The summed E-state index contributed by atoms with van der Waals surface area (Å²) in [5.74, 6) is 1.40. The molecule has 0 aliphatic rings. The van der Waals surface area contributed by atoms with Crippen LogP contribution in [0.5, 0.6) is 11.5 Å². The van der Waals surface area contributed by atoms with E-state index in [1.54, 1.807) is 7.11 Å². The minimum absolute atomic E-state index is 0.0355. The largest absolute Gasteiger partial charge is 0.493 e. The van der Waals surface area contributed by atoms with Crippen molar-refractivity contribution in [3.63, 3.8) is 0 Å². The van der Waals surface area contributed by atoms with Gasteiger partial charge >= 0.3 is 0 Å². The highest BCUT2D eigenvalue weighted by molar-refractivity contribution is 5.82. The number of ketones is 1. The second kappa shape index (κ2) is 7.62. The van der Waals surface area contributed by atoms with Gasteiger partial charge in [-0.3, -0.25) is 4.79 Å². The van der Waals surface area contributed by atoms with E-state index in [0.717, 1.165) is 12.0 Å². The molecule has 0 aliphatic heterocycles. The summed E-state index contributed by atoms with van der Waals surface area (Å²) in [5, 5.41) is 0. The molecule has 0 radical (unpaired) electrons. The van der Waals surface area contributed by atoms with Gasteiger partial charge in [-0.05, 0) is 31.0 Å². The van der Waals surface area contributed by atoms with Crippen LogP contribution in [0.3, 0.4) is 0 Å². The Morgan fingerprint density at radius 1 is 1.37 bits per heavy atom. The molecule has 3 heteroatoms. The van der Waals surface area contributed by atoms with E-state index in [9.17, 15) is 4.79 Å². The Balaban J connectivity index is 2.75. The molecular weight excluding hydrogens is 240 g/mol. The molecule has 1 aromatic carbocycles. The fourth-order valence-corrected chi connectivity index (χ4v) is 1.62. The lowest BCUT2D eigenvalue weighted by molar-refractivity contribution is -0.124. The lowest BCUT2D eigenvalue weighted by atomic mass is 10.0. The summed E-state index contributed by atoms with van der Waals surface area (Å²) < 4.78 is 10.8. The van der Waals surface area contributed by atoms with Crippen LogP contribution in [0.2, 0.25) is 0 Å². The van der Waals surface area contributed by atoms with Crippen LogP contribution in [-0.4, -0.2) is 19.5 Å². The molecule has 0 amide bonds. The molecule has 0 saturated heterocycles. The van der Waals surface area contributed by atoms with Crippen LogP contribution in [0.15, 0.2) is 24.3 Å². The van der Waals surface area contributed by atoms with Crippen LogP contribution in [-0.2, 0) is 4.79 Å². The number of carbonyl (C=O) groups is 1. The van der Waals surface area contributed by atoms with Gasteiger partial charge in [0.1, 0.15) is 6.61 Å². The van der Waals surface area contributed by atoms with Crippen molar-refractivity contribution in [3.8, 4) is 11.5 Å². The highest BCUT2D eigenvalue weighted by Gasteiger charge is 2.13. The Bertz CT molecular complexity index is 449. The monoisotopic (exact) mass is 262 g/mol. The standard InChI is InChI=1S/C16H22O3/c1-5-7-13-8-9-15(16(10-13)18-4)19-11-14(17)12(3)6-2/h5,7-10,12H,6,11H2,1-4H3. The molecule has 104 valence electrons. The Morgan fingerprint density at radius 3 is 2.68 bits per heavy atom. The first-order valence-corrected chi connectivity index (χ1v) is 6.58. The van der Waals surface area contributed by atoms with Gasteiger partial charge in [-0.1, -0.05) is 32.1 Å². The maximum atomic E-state index is 11.7. The second-order valence-corrected chi connectivity index (χ2v) is 4.47. The van der Waals surface area contributed by atoms with Crippen LogP contribution < -0.4 is 9.47 Å². The summed E-state index contributed by atoms with van der Waals surface area (Å²) >= 11 is 0. The van der Waals surface area contributed by atoms with Crippen molar-refractivity contribution in [2.45, 2.75) is 27.2 Å². The van der Waals surface area contributed by atoms with Crippen LogP contribution >= 0.6 is 0 Å². The fraction of sp³-hybridized carbons (Fsp3) is 0.438. The van der Waals surface area contributed by atoms with E-state index >= 15 is 0 Å². The van der Waals surface area contributed by atoms with Gasteiger partial charge in [-0.15, -0.1) is 0 Å². The quantitative estimate of drug-likeness (QED) is 0.751. The van der Waals surface area contributed by atoms with Gasteiger partial charge in [0.25, 0.3) is 0 Å². The van der Waals surface area contributed by atoms with Crippen molar-refractivity contribution in [1.29, 1.82) is 0 Å².